The number of imide groups is 1. The number of anilines is 1. The highest BCUT2D eigenvalue weighted by atomic mass is 16.5. The summed E-state index contributed by atoms with van der Waals surface area (Å²) in [6.45, 7) is 8.30. The summed E-state index contributed by atoms with van der Waals surface area (Å²) in [7, 11) is 3.15. The Balaban J connectivity index is 0.736. The molecule has 0 bridgehead atoms. The van der Waals surface area contributed by atoms with E-state index in [1.807, 2.05) is 18.2 Å². The van der Waals surface area contributed by atoms with Gasteiger partial charge < -0.3 is 34.3 Å². The number of phenolic OH excluding ortho intramolecular Hbond substituents is 1. The van der Waals surface area contributed by atoms with Crippen LogP contribution in [0.5, 0.6) is 17.4 Å². The molecule has 58 heavy (non-hydrogen) atoms. The van der Waals surface area contributed by atoms with Gasteiger partial charge in [0.05, 0.1) is 19.6 Å². The van der Waals surface area contributed by atoms with Crippen LogP contribution < -0.4 is 25.2 Å². The summed E-state index contributed by atoms with van der Waals surface area (Å²) in [5.74, 6) is 1.08. The number of hydrogen-bond donors (Lipinski definition) is 3. The number of aromatic hydroxyl groups is 1. The number of phenols is 1. The molecule has 4 aromatic rings. The number of carbonyl (C=O) groups is 3. The van der Waals surface area contributed by atoms with Crippen molar-refractivity contribution in [2.24, 2.45) is 11.3 Å². The molecule has 14 nitrogen and oxygen atoms in total. The van der Waals surface area contributed by atoms with Crippen LogP contribution in [-0.4, -0.2) is 114 Å². The maximum atomic E-state index is 13.4. The predicted octanol–water partition coefficient (Wildman–Crippen LogP) is 4.28. The topological polar surface area (TPSA) is 161 Å². The molecular formula is C44H51N7O7. The third-order valence-corrected chi connectivity index (χ3v) is 13.5. The number of aromatic nitrogens is 2. The number of H-pyrrole nitrogens is 1. The number of nitrogens with zero attached hydrogens (tertiary/aromatic N) is 5. The molecule has 2 aromatic carbocycles. The number of amides is 3. The second kappa shape index (κ2) is 15.4. The summed E-state index contributed by atoms with van der Waals surface area (Å²) in [6, 6.07) is 10.9. The zero-order valence-electron chi connectivity index (χ0n) is 33.2. The van der Waals surface area contributed by atoms with E-state index in [1.54, 1.807) is 30.3 Å². The van der Waals surface area contributed by atoms with Crippen LogP contribution in [0.1, 0.15) is 66.4 Å². The van der Waals surface area contributed by atoms with Gasteiger partial charge in [-0.15, -0.1) is 0 Å². The predicted molar refractivity (Wildman–Crippen MR) is 218 cm³/mol. The van der Waals surface area contributed by atoms with E-state index in [2.05, 4.69) is 36.1 Å². The first-order valence-corrected chi connectivity index (χ1v) is 20.5. The number of likely N-dealkylation sites (tertiary alicyclic amines) is 2. The summed E-state index contributed by atoms with van der Waals surface area (Å²) in [4.78, 5) is 66.0. The van der Waals surface area contributed by atoms with Crippen LogP contribution in [0, 0.1) is 11.3 Å². The number of pyridine rings is 2. The van der Waals surface area contributed by atoms with Gasteiger partial charge in [0.25, 0.3) is 11.5 Å². The minimum absolute atomic E-state index is 0.121. The molecule has 4 saturated heterocycles. The summed E-state index contributed by atoms with van der Waals surface area (Å²) >= 11 is 0. The molecule has 1 spiro atoms. The van der Waals surface area contributed by atoms with E-state index in [4.69, 9.17) is 9.47 Å². The fraction of sp³-hybridized carbons (Fsp3) is 0.477. The zero-order valence-corrected chi connectivity index (χ0v) is 33.2. The largest absolute Gasteiger partial charge is 0.507 e. The van der Waals surface area contributed by atoms with Crippen LogP contribution in [-0.2, 0) is 22.7 Å². The van der Waals surface area contributed by atoms with E-state index in [0.29, 0.717) is 58.8 Å². The number of ether oxygens (including phenoxy) is 2. The van der Waals surface area contributed by atoms with Gasteiger partial charge in [0.1, 0.15) is 17.5 Å². The van der Waals surface area contributed by atoms with E-state index in [-0.39, 0.29) is 35.5 Å². The number of nitrogens with one attached hydrogen (secondary N) is 2. The van der Waals surface area contributed by atoms with Crippen LogP contribution in [0.2, 0.25) is 0 Å². The summed E-state index contributed by atoms with van der Waals surface area (Å²) < 4.78 is 11.1. The van der Waals surface area contributed by atoms with Crippen molar-refractivity contribution in [3.05, 3.63) is 75.8 Å². The number of aromatic amines is 1. The lowest BCUT2D eigenvalue weighted by atomic mass is 9.71. The lowest BCUT2D eigenvalue weighted by Gasteiger charge is -2.55. The molecule has 0 saturated carbocycles. The molecular weight excluding hydrogens is 739 g/mol. The average molecular weight is 790 g/mol. The Morgan fingerprint density at radius 1 is 0.897 bits per heavy atom. The van der Waals surface area contributed by atoms with Crippen LogP contribution >= 0.6 is 0 Å². The van der Waals surface area contributed by atoms with Crippen molar-refractivity contribution in [2.75, 3.05) is 64.9 Å². The van der Waals surface area contributed by atoms with Crippen molar-refractivity contribution >= 4 is 34.2 Å². The molecule has 1 unspecified atom stereocenters. The Kier molecular flexibility index (Phi) is 10.1. The number of methoxy groups -OCH3 is 2. The maximum absolute atomic E-state index is 13.4. The Morgan fingerprint density at radius 2 is 1.69 bits per heavy atom. The first kappa shape index (κ1) is 38.1. The second-order valence-corrected chi connectivity index (χ2v) is 16.9. The summed E-state index contributed by atoms with van der Waals surface area (Å²) in [6.07, 6.45) is 9.60. The number of carbonyl (C=O) groups excluding carboxylic acids is 3. The van der Waals surface area contributed by atoms with Gasteiger partial charge in [0, 0.05) is 84.2 Å². The van der Waals surface area contributed by atoms with Gasteiger partial charge in [-0.1, -0.05) is 6.07 Å². The standard InChI is InChI=1S/C44H51N7O7/c1-57-38-18-29(33-21-46-41(54)34-22-45-40(58-2)20-32(33)34)17-37(52)35(38)24-49-13-8-27(9-14-49)7-12-48-15-10-44(11-16-48)25-50(26-44)30-4-3-28-23-51(43(56)31(28)19-30)36-5-6-39(53)47-42(36)55/h3-4,17-22,27,36,52H,5-16,23-26H2,1-2H3,(H,46,54)(H,47,53,55). The minimum atomic E-state index is -0.593. The van der Waals surface area contributed by atoms with Gasteiger partial charge in [0.15, 0.2) is 0 Å². The van der Waals surface area contributed by atoms with E-state index in [0.717, 1.165) is 86.6 Å². The highest BCUT2D eigenvalue weighted by Crippen LogP contribution is 2.44. The number of rotatable bonds is 10. The van der Waals surface area contributed by atoms with Gasteiger partial charge in [-0.25, -0.2) is 4.98 Å². The van der Waals surface area contributed by atoms with Crippen LogP contribution in [0.15, 0.2) is 53.6 Å². The lowest BCUT2D eigenvalue weighted by molar-refractivity contribution is -0.136. The maximum Gasteiger partial charge on any atom is 0.257 e. The van der Waals surface area contributed by atoms with Crippen LogP contribution in [0.3, 0.4) is 0 Å². The smallest absolute Gasteiger partial charge is 0.257 e. The Labute approximate surface area is 337 Å². The molecule has 0 radical (unpaired) electrons. The van der Waals surface area contributed by atoms with Gasteiger partial charge in [0.2, 0.25) is 17.7 Å². The fourth-order valence-electron chi connectivity index (χ4n) is 9.89. The average Bonchev–Trinajstić information content (AvgIpc) is 3.55. The fourth-order valence-corrected chi connectivity index (χ4v) is 9.89. The Bertz CT molecular complexity index is 2320. The van der Waals surface area contributed by atoms with Crippen LogP contribution in [0.4, 0.5) is 5.69 Å². The van der Waals surface area contributed by atoms with Gasteiger partial charge in [-0.2, -0.15) is 0 Å². The highest BCUT2D eigenvalue weighted by Gasteiger charge is 2.46. The van der Waals surface area contributed by atoms with Crippen molar-refractivity contribution in [1.82, 2.24) is 30.0 Å². The molecule has 3 amide bonds. The lowest BCUT2D eigenvalue weighted by Crippen LogP contribution is -2.60. The third kappa shape index (κ3) is 7.17. The Hall–Kier alpha value is -5.47. The summed E-state index contributed by atoms with van der Waals surface area (Å²) in [5, 5.41) is 14.8. The first-order chi connectivity index (χ1) is 28.1. The first-order valence-electron chi connectivity index (χ1n) is 20.5. The van der Waals surface area contributed by atoms with Gasteiger partial charge in [-0.3, -0.25) is 29.4 Å². The van der Waals surface area contributed by atoms with Gasteiger partial charge in [-0.05, 0) is 113 Å². The summed E-state index contributed by atoms with van der Waals surface area (Å²) in [5.41, 5.74) is 5.00. The van der Waals surface area contributed by atoms with E-state index < -0.39 is 6.04 Å². The van der Waals surface area contributed by atoms with Crippen molar-refractivity contribution in [1.29, 1.82) is 0 Å². The quantitative estimate of drug-likeness (QED) is 0.197. The van der Waals surface area contributed by atoms with Crippen molar-refractivity contribution in [3.8, 4) is 28.5 Å². The SMILES string of the molecule is COc1cc2c(-c3cc(O)c(CN4CCC(CCN5CCC6(CC5)CN(c5ccc7c(c5)C(=O)N(C5CCC(=O)NC5=O)C7)C6)CC4)c(OC)c3)c[nH]c(=O)c2cn1. The molecule has 2 aromatic heterocycles. The molecule has 5 aliphatic rings. The Morgan fingerprint density at radius 3 is 2.43 bits per heavy atom. The van der Waals surface area contributed by atoms with Gasteiger partial charge >= 0.3 is 0 Å². The molecule has 3 N–H and O–H groups in total. The molecule has 1 atom stereocenters. The number of piperidine rings is 3. The molecule has 0 aliphatic carbocycles. The normalized spacial score (nSPS) is 21.3. The number of hydrogen-bond acceptors (Lipinski definition) is 11. The van der Waals surface area contributed by atoms with Crippen molar-refractivity contribution in [3.63, 3.8) is 0 Å². The highest BCUT2D eigenvalue weighted by molar-refractivity contribution is 6.05. The number of fused-ring (bicyclic) bond motifs is 2. The van der Waals surface area contributed by atoms with Crippen molar-refractivity contribution < 1.29 is 29.0 Å². The monoisotopic (exact) mass is 789 g/mol. The zero-order chi connectivity index (χ0) is 40.1. The molecule has 4 fully saturated rings. The molecule has 7 heterocycles. The second-order valence-electron chi connectivity index (χ2n) is 16.9. The molecule has 5 aliphatic heterocycles. The van der Waals surface area contributed by atoms with Crippen molar-refractivity contribution in [2.45, 2.75) is 64.1 Å². The third-order valence-electron chi connectivity index (χ3n) is 13.5. The van der Waals surface area contributed by atoms with E-state index >= 15 is 0 Å². The number of benzene rings is 2. The molecule has 9 rings (SSSR count). The molecule has 14 heteroatoms. The van der Waals surface area contributed by atoms with Crippen LogP contribution in [0.25, 0.3) is 21.9 Å². The van der Waals surface area contributed by atoms with E-state index in [1.165, 1.54) is 32.6 Å². The molecule has 304 valence electrons. The van der Waals surface area contributed by atoms with E-state index in [9.17, 15) is 24.3 Å². The minimum Gasteiger partial charge on any atom is -0.507 e.